The number of rotatable bonds is 4. The fourth-order valence-corrected chi connectivity index (χ4v) is 3.77. The molecule has 0 aromatic heterocycles. The summed E-state index contributed by atoms with van der Waals surface area (Å²) in [5.74, 6) is -0.0889. The van der Waals surface area contributed by atoms with E-state index in [9.17, 15) is 4.79 Å². The van der Waals surface area contributed by atoms with Crippen molar-refractivity contribution in [3.05, 3.63) is 69.2 Å². The van der Waals surface area contributed by atoms with Crippen LogP contribution in [-0.4, -0.2) is 29.9 Å². The molecule has 3 rings (SSSR count). The quantitative estimate of drug-likeness (QED) is 0.809. The van der Waals surface area contributed by atoms with Gasteiger partial charge in [-0.3, -0.25) is 9.69 Å². The van der Waals surface area contributed by atoms with Crippen LogP contribution in [0.5, 0.6) is 0 Å². The zero-order valence-electron chi connectivity index (χ0n) is 13.3. The van der Waals surface area contributed by atoms with Crippen molar-refractivity contribution in [3.8, 4) is 0 Å². The fraction of sp³-hybridized carbons (Fsp3) is 0.316. The van der Waals surface area contributed by atoms with Gasteiger partial charge in [-0.2, -0.15) is 0 Å². The Labute approximate surface area is 156 Å². The molecule has 1 fully saturated rings. The molecule has 0 aliphatic carbocycles. The van der Waals surface area contributed by atoms with Crippen molar-refractivity contribution in [2.75, 3.05) is 13.1 Å². The Morgan fingerprint density at radius 1 is 1.17 bits per heavy atom. The molecule has 0 bridgehead atoms. The number of hydrogen-bond donors (Lipinski definition) is 1. The van der Waals surface area contributed by atoms with Gasteiger partial charge in [0.05, 0.1) is 10.6 Å². The van der Waals surface area contributed by atoms with Crippen LogP contribution in [0.15, 0.2) is 53.0 Å². The molecule has 1 heterocycles. The number of carbonyl (C=O) groups excluding carboxylic acids is 1. The number of halogens is 2. The van der Waals surface area contributed by atoms with Gasteiger partial charge in [-0.1, -0.05) is 57.9 Å². The first-order chi connectivity index (χ1) is 11.6. The molecule has 0 atom stereocenters. The third-order valence-electron chi connectivity index (χ3n) is 4.35. The second-order valence-electron chi connectivity index (χ2n) is 6.13. The molecule has 5 heteroatoms. The zero-order valence-corrected chi connectivity index (χ0v) is 15.7. The Bertz CT molecular complexity index is 700. The average Bonchev–Trinajstić information content (AvgIpc) is 2.57. The Kier molecular flexibility index (Phi) is 5.93. The highest BCUT2D eigenvalue weighted by atomic mass is 79.9. The van der Waals surface area contributed by atoms with Gasteiger partial charge in [-0.15, -0.1) is 0 Å². The Morgan fingerprint density at radius 3 is 2.54 bits per heavy atom. The number of benzene rings is 2. The maximum absolute atomic E-state index is 12.4. The number of nitrogens with one attached hydrogen (secondary N) is 1. The molecule has 1 aliphatic rings. The van der Waals surface area contributed by atoms with Crippen molar-refractivity contribution < 1.29 is 4.79 Å². The summed E-state index contributed by atoms with van der Waals surface area (Å²) in [5.41, 5.74) is 1.87. The van der Waals surface area contributed by atoms with E-state index in [1.165, 1.54) is 5.56 Å². The molecule has 2 aromatic carbocycles. The van der Waals surface area contributed by atoms with Crippen molar-refractivity contribution in [3.63, 3.8) is 0 Å². The molecule has 126 valence electrons. The highest BCUT2D eigenvalue weighted by molar-refractivity contribution is 9.10. The van der Waals surface area contributed by atoms with Crippen LogP contribution < -0.4 is 5.32 Å². The minimum Gasteiger partial charge on any atom is -0.349 e. The first kappa shape index (κ1) is 17.5. The molecule has 0 unspecified atom stereocenters. The third-order valence-corrected chi connectivity index (χ3v) is 5.15. The summed E-state index contributed by atoms with van der Waals surface area (Å²) in [6.07, 6.45) is 1.93. The van der Waals surface area contributed by atoms with E-state index in [0.29, 0.717) is 10.6 Å². The van der Waals surface area contributed by atoms with Gasteiger partial charge < -0.3 is 5.32 Å². The van der Waals surface area contributed by atoms with E-state index in [-0.39, 0.29) is 11.9 Å². The van der Waals surface area contributed by atoms with Crippen LogP contribution in [-0.2, 0) is 6.54 Å². The van der Waals surface area contributed by atoms with Crippen molar-refractivity contribution >= 4 is 33.4 Å². The van der Waals surface area contributed by atoms with Gasteiger partial charge in [0.25, 0.3) is 5.91 Å². The molecule has 1 saturated heterocycles. The molecule has 0 spiro atoms. The molecular weight excluding hydrogens is 388 g/mol. The zero-order chi connectivity index (χ0) is 16.9. The second-order valence-corrected chi connectivity index (χ2v) is 7.46. The van der Waals surface area contributed by atoms with E-state index in [0.717, 1.165) is 36.9 Å². The summed E-state index contributed by atoms with van der Waals surface area (Å²) in [6.45, 7) is 2.96. The van der Waals surface area contributed by atoms with Gasteiger partial charge >= 0.3 is 0 Å². The van der Waals surface area contributed by atoms with Crippen LogP contribution in [0.3, 0.4) is 0 Å². The maximum atomic E-state index is 12.4. The lowest BCUT2D eigenvalue weighted by Gasteiger charge is -2.32. The molecule has 1 amide bonds. The summed E-state index contributed by atoms with van der Waals surface area (Å²) in [6, 6.07) is 16.1. The van der Waals surface area contributed by atoms with Gasteiger partial charge in [0.1, 0.15) is 0 Å². The number of carbonyl (C=O) groups is 1. The summed E-state index contributed by atoms with van der Waals surface area (Å²) >= 11 is 9.51. The second kappa shape index (κ2) is 8.15. The van der Waals surface area contributed by atoms with Gasteiger partial charge in [0.15, 0.2) is 0 Å². The van der Waals surface area contributed by atoms with Gasteiger partial charge in [0, 0.05) is 30.1 Å². The minimum atomic E-state index is -0.0889. The van der Waals surface area contributed by atoms with Crippen molar-refractivity contribution in [2.24, 2.45) is 0 Å². The largest absolute Gasteiger partial charge is 0.349 e. The average molecular weight is 408 g/mol. The highest BCUT2D eigenvalue weighted by Gasteiger charge is 2.22. The van der Waals surface area contributed by atoms with E-state index in [1.807, 2.05) is 12.1 Å². The molecule has 1 N–H and O–H groups in total. The van der Waals surface area contributed by atoms with E-state index in [4.69, 9.17) is 11.6 Å². The predicted molar refractivity (Wildman–Crippen MR) is 101 cm³/mol. The summed E-state index contributed by atoms with van der Waals surface area (Å²) in [4.78, 5) is 14.8. The van der Waals surface area contributed by atoms with E-state index >= 15 is 0 Å². The van der Waals surface area contributed by atoms with Gasteiger partial charge in [-0.25, -0.2) is 0 Å². The normalized spacial score (nSPS) is 16.1. The Balaban J connectivity index is 1.51. The number of piperidine rings is 1. The fourth-order valence-electron chi connectivity index (χ4n) is 3.01. The number of likely N-dealkylation sites (tertiary alicyclic amines) is 1. The predicted octanol–water partition coefficient (Wildman–Crippen LogP) is 4.50. The third kappa shape index (κ3) is 4.59. The van der Waals surface area contributed by atoms with E-state index < -0.39 is 0 Å². The highest BCUT2D eigenvalue weighted by Crippen LogP contribution is 2.22. The smallest absolute Gasteiger partial charge is 0.253 e. The van der Waals surface area contributed by atoms with Crippen LogP contribution in [0.4, 0.5) is 0 Å². The topological polar surface area (TPSA) is 32.3 Å². The first-order valence-corrected chi connectivity index (χ1v) is 9.31. The summed E-state index contributed by atoms with van der Waals surface area (Å²) < 4.78 is 0.873. The lowest BCUT2D eigenvalue weighted by Crippen LogP contribution is -2.44. The molecule has 0 saturated carbocycles. The number of amides is 1. The standard InChI is InChI=1S/C19H20BrClN2O/c20-15-6-7-17(18(21)12-15)19(24)22-16-8-10-23(11-9-16)13-14-4-2-1-3-5-14/h1-7,12,16H,8-11,13H2,(H,22,24). The molecule has 0 radical (unpaired) electrons. The SMILES string of the molecule is O=C(NC1CCN(Cc2ccccc2)CC1)c1ccc(Br)cc1Cl. The van der Waals surface area contributed by atoms with E-state index in [1.54, 1.807) is 12.1 Å². The lowest BCUT2D eigenvalue weighted by molar-refractivity contribution is 0.0909. The molecular formula is C19H20BrClN2O. The molecule has 3 nitrogen and oxygen atoms in total. The summed E-state index contributed by atoms with van der Waals surface area (Å²) in [5, 5.41) is 3.59. The Hall–Kier alpha value is -1.36. The molecule has 2 aromatic rings. The maximum Gasteiger partial charge on any atom is 0.253 e. The van der Waals surface area contributed by atoms with Gasteiger partial charge in [0.2, 0.25) is 0 Å². The van der Waals surface area contributed by atoms with Crippen molar-refractivity contribution in [1.29, 1.82) is 0 Å². The van der Waals surface area contributed by atoms with Crippen LogP contribution in [0.1, 0.15) is 28.8 Å². The number of nitrogens with zero attached hydrogens (tertiary/aromatic N) is 1. The van der Waals surface area contributed by atoms with Crippen molar-refractivity contribution in [1.82, 2.24) is 10.2 Å². The molecule has 24 heavy (non-hydrogen) atoms. The Morgan fingerprint density at radius 2 is 1.88 bits per heavy atom. The van der Waals surface area contributed by atoms with Crippen LogP contribution >= 0.6 is 27.5 Å². The first-order valence-electron chi connectivity index (χ1n) is 8.14. The van der Waals surface area contributed by atoms with Gasteiger partial charge in [-0.05, 0) is 36.6 Å². The minimum absolute atomic E-state index is 0.0889. The number of hydrogen-bond acceptors (Lipinski definition) is 2. The van der Waals surface area contributed by atoms with Crippen molar-refractivity contribution in [2.45, 2.75) is 25.4 Å². The monoisotopic (exact) mass is 406 g/mol. The lowest BCUT2D eigenvalue weighted by atomic mass is 10.0. The van der Waals surface area contributed by atoms with Crippen LogP contribution in [0.25, 0.3) is 0 Å². The summed E-state index contributed by atoms with van der Waals surface area (Å²) in [7, 11) is 0. The molecule has 1 aliphatic heterocycles. The van der Waals surface area contributed by atoms with Crippen LogP contribution in [0, 0.1) is 0 Å². The van der Waals surface area contributed by atoms with Crippen LogP contribution in [0.2, 0.25) is 5.02 Å². The van der Waals surface area contributed by atoms with E-state index in [2.05, 4.69) is 50.4 Å².